The van der Waals surface area contributed by atoms with Crippen LogP contribution < -0.4 is 10.2 Å². The largest absolute Gasteiger partial charge is 0.376 e. The Bertz CT molecular complexity index is 1380. The van der Waals surface area contributed by atoms with E-state index in [1.54, 1.807) is 11.3 Å². The molecule has 6 heteroatoms. The molecule has 214 valence electrons. The van der Waals surface area contributed by atoms with Crippen LogP contribution in [0.25, 0.3) is 26.8 Å². The topological polar surface area (TPSA) is 65.4 Å². The molecule has 0 aliphatic rings. The van der Waals surface area contributed by atoms with Crippen LogP contribution in [0.15, 0.2) is 54.1 Å². The van der Waals surface area contributed by atoms with E-state index < -0.39 is 5.54 Å². The zero-order chi connectivity index (χ0) is 29.5. The third-order valence-corrected chi connectivity index (χ3v) is 8.12. The fraction of sp³-hybridized carbons (Fsp3) is 0.471. The number of thiophene rings is 1. The summed E-state index contributed by atoms with van der Waals surface area (Å²) >= 11 is 1.60. The van der Waals surface area contributed by atoms with Crippen molar-refractivity contribution in [2.24, 2.45) is 0 Å². The predicted octanol–water partition coefficient (Wildman–Crippen LogP) is 8.59. The van der Waals surface area contributed by atoms with E-state index in [0.717, 1.165) is 41.2 Å². The molecule has 3 aromatic rings. The second-order valence-electron chi connectivity index (χ2n) is 12.1. The SMILES string of the molecule is CCCN(CCC)c1ccc2cc(-c3ccc(/C(C)=C(\C#N)C(=O)NC(C)(C)CCOC(C)(C)C)s3)ccc2c1. The number of nitrogens with one attached hydrogen (secondary N) is 1. The minimum absolute atomic E-state index is 0.146. The van der Waals surface area contributed by atoms with Gasteiger partial charge in [-0.2, -0.15) is 5.26 Å². The Morgan fingerprint density at radius 3 is 2.25 bits per heavy atom. The number of allylic oxidation sites excluding steroid dienone is 1. The Morgan fingerprint density at radius 2 is 1.62 bits per heavy atom. The summed E-state index contributed by atoms with van der Waals surface area (Å²) in [5, 5.41) is 15.3. The van der Waals surface area contributed by atoms with Crippen LogP contribution in [0.3, 0.4) is 0 Å². The summed E-state index contributed by atoms with van der Waals surface area (Å²) in [6, 6.07) is 19.5. The van der Waals surface area contributed by atoms with Crippen LogP contribution in [0, 0.1) is 11.3 Å². The molecule has 2 aromatic carbocycles. The average Bonchev–Trinajstić information content (AvgIpc) is 3.37. The van der Waals surface area contributed by atoms with Crippen LogP contribution >= 0.6 is 11.3 Å². The molecule has 0 aliphatic heterocycles. The highest BCUT2D eigenvalue weighted by Gasteiger charge is 2.25. The lowest BCUT2D eigenvalue weighted by molar-refractivity contribution is -0.118. The number of rotatable bonds is 12. The number of carbonyl (C=O) groups is 1. The maximum Gasteiger partial charge on any atom is 0.262 e. The van der Waals surface area contributed by atoms with Crippen molar-refractivity contribution >= 4 is 39.3 Å². The van der Waals surface area contributed by atoms with E-state index in [1.165, 1.54) is 16.5 Å². The van der Waals surface area contributed by atoms with Crippen LogP contribution in [-0.4, -0.2) is 36.7 Å². The molecular formula is C34H45N3O2S. The molecule has 0 spiro atoms. The van der Waals surface area contributed by atoms with Gasteiger partial charge in [0.1, 0.15) is 11.6 Å². The average molecular weight is 560 g/mol. The summed E-state index contributed by atoms with van der Waals surface area (Å²) in [6.07, 6.45) is 2.91. The van der Waals surface area contributed by atoms with Crippen LogP contribution in [0.2, 0.25) is 0 Å². The Balaban J connectivity index is 1.79. The molecule has 1 amide bonds. The third kappa shape index (κ3) is 8.43. The number of nitriles is 1. The van der Waals surface area contributed by atoms with Gasteiger partial charge in [-0.05, 0) is 113 Å². The molecule has 0 aliphatic carbocycles. The molecule has 5 nitrogen and oxygen atoms in total. The molecule has 40 heavy (non-hydrogen) atoms. The first kappa shape index (κ1) is 31.4. The normalized spacial score (nSPS) is 12.7. The Labute approximate surface area is 244 Å². The van der Waals surface area contributed by atoms with Gasteiger partial charge in [-0.15, -0.1) is 11.3 Å². The molecule has 0 saturated heterocycles. The number of hydrogen-bond donors (Lipinski definition) is 1. The molecule has 0 saturated carbocycles. The van der Waals surface area contributed by atoms with Crippen LogP contribution in [-0.2, 0) is 9.53 Å². The van der Waals surface area contributed by atoms with E-state index in [9.17, 15) is 10.1 Å². The molecule has 1 heterocycles. The summed E-state index contributed by atoms with van der Waals surface area (Å²) in [5.74, 6) is -0.350. The Kier molecular flexibility index (Phi) is 10.6. The van der Waals surface area contributed by atoms with Gasteiger partial charge in [0, 0.05) is 40.7 Å². The standard InChI is InChI=1S/C34H45N3O2S/c1-9-18-37(19-10-2)28-14-13-25-21-27(12-11-26(25)22-28)31-16-15-30(40-31)24(3)29(23-35)32(38)36-34(7,8)17-20-39-33(4,5)6/h11-16,21-22H,9-10,17-20H2,1-8H3,(H,36,38)/b29-24+. The lowest BCUT2D eigenvalue weighted by Gasteiger charge is -2.28. The van der Waals surface area contributed by atoms with Gasteiger partial charge in [0.2, 0.25) is 0 Å². The maximum atomic E-state index is 13.1. The van der Waals surface area contributed by atoms with E-state index in [4.69, 9.17) is 4.74 Å². The monoisotopic (exact) mass is 559 g/mol. The van der Waals surface area contributed by atoms with Crippen molar-refractivity contribution in [2.75, 3.05) is 24.6 Å². The van der Waals surface area contributed by atoms with E-state index in [2.05, 4.69) is 72.6 Å². The highest BCUT2D eigenvalue weighted by atomic mass is 32.1. The van der Waals surface area contributed by atoms with Gasteiger partial charge in [0.25, 0.3) is 5.91 Å². The van der Waals surface area contributed by atoms with Crippen LogP contribution in [0.4, 0.5) is 5.69 Å². The second kappa shape index (κ2) is 13.5. The van der Waals surface area contributed by atoms with Crippen molar-refractivity contribution in [3.8, 4) is 16.5 Å². The third-order valence-electron chi connectivity index (χ3n) is 6.86. The van der Waals surface area contributed by atoms with Gasteiger partial charge in [-0.25, -0.2) is 0 Å². The van der Waals surface area contributed by atoms with E-state index >= 15 is 0 Å². The predicted molar refractivity (Wildman–Crippen MR) is 171 cm³/mol. The summed E-state index contributed by atoms with van der Waals surface area (Å²) < 4.78 is 5.83. The van der Waals surface area contributed by atoms with E-state index in [1.807, 2.05) is 47.6 Å². The van der Waals surface area contributed by atoms with Gasteiger partial charge >= 0.3 is 0 Å². The van der Waals surface area contributed by atoms with Crippen molar-refractivity contribution in [3.05, 3.63) is 59.0 Å². The molecule has 0 radical (unpaired) electrons. The molecule has 0 fully saturated rings. The van der Waals surface area contributed by atoms with Crippen molar-refractivity contribution in [2.45, 2.75) is 85.8 Å². The first-order valence-electron chi connectivity index (χ1n) is 14.3. The molecule has 1 N–H and O–H groups in total. The summed E-state index contributed by atoms with van der Waals surface area (Å²) in [4.78, 5) is 17.6. The number of fused-ring (bicyclic) bond motifs is 1. The summed E-state index contributed by atoms with van der Waals surface area (Å²) in [6.45, 7) is 18.9. The second-order valence-corrected chi connectivity index (χ2v) is 13.1. The number of carbonyl (C=O) groups excluding carboxylic acids is 1. The highest BCUT2D eigenvalue weighted by molar-refractivity contribution is 7.16. The van der Waals surface area contributed by atoms with Gasteiger partial charge in [-0.1, -0.05) is 32.0 Å². The minimum atomic E-state index is -0.500. The number of benzene rings is 2. The molecule has 3 rings (SSSR count). The van der Waals surface area contributed by atoms with E-state index in [0.29, 0.717) is 18.6 Å². The minimum Gasteiger partial charge on any atom is -0.376 e. The van der Waals surface area contributed by atoms with Crippen molar-refractivity contribution in [3.63, 3.8) is 0 Å². The number of hydrogen-bond acceptors (Lipinski definition) is 5. The Morgan fingerprint density at radius 1 is 0.975 bits per heavy atom. The van der Waals surface area contributed by atoms with Crippen molar-refractivity contribution in [1.29, 1.82) is 5.26 Å². The summed E-state index contributed by atoms with van der Waals surface area (Å²) in [5.41, 5.74) is 2.51. The zero-order valence-corrected chi connectivity index (χ0v) is 26.3. The smallest absolute Gasteiger partial charge is 0.262 e. The summed E-state index contributed by atoms with van der Waals surface area (Å²) in [7, 11) is 0. The Hall–Kier alpha value is -3.14. The fourth-order valence-electron chi connectivity index (χ4n) is 4.66. The van der Waals surface area contributed by atoms with Crippen LogP contribution in [0.5, 0.6) is 0 Å². The lowest BCUT2D eigenvalue weighted by Crippen LogP contribution is -2.45. The first-order valence-corrected chi connectivity index (χ1v) is 15.2. The van der Waals surface area contributed by atoms with Crippen molar-refractivity contribution in [1.82, 2.24) is 5.32 Å². The number of anilines is 1. The molecule has 0 bridgehead atoms. The maximum absolute atomic E-state index is 13.1. The van der Waals surface area contributed by atoms with Gasteiger partial charge < -0.3 is 15.0 Å². The zero-order valence-electron chi connectivity index (χ0n) is 25.5. The number of nitrogens with zero attached hydrogens (tertiary/aromatic N) is 2. The highest BCUT2D eigenvalue weighted by Crippen LogP contribution is 2.35. The number of ether oxygens (including phenoxy) is 1. The molecule has 0 unspecified atom stereocenters. The van der Waals surface area contributed by atoms with Gasteiger partial charge in [0.15, 0.2) is 0 Å². The van der Waals surface area contributed by atoms with Gasteiger partial charge in [-0.3, -0.25) is 4.79 Å². The molecular weight excluding hydrogens is 514 g/mol. The number of amides is 1. The molecule has 1 aromatic heterocycles. The lowest BCUT2D eigenvalue weighted by atomic mass is 9.99. The van der Waals surface area contributed by atoms with Gasteiger partial charge in [0.05, 0.1) is 5.60 Å². The molecule has 0 atom stereocenters. The van der Waals surface area contributed by atoms with Crippen molar-refractivity contribution < 1.29 is 9.53 Å². The van der Waals surface area contributed by atoms with Crippen LogP contribution in [0.1, 0.15) is 79.5 Å². The fourth-order valence-corrected chi connectivity index (χ4v) is 5.67. The van der Waals surface area contributed by atoms with E-state index in [-0.39, 0.29) is 17.1 Å². The first-order chi connectivity index (χ1) is 18.9. The quantitative estimate of drug-likeness (QED) is 0.178.